The summed E-state index contributed by atoms with van der Waals surface area (Å²) >= 11 is 6.05. The number of nitrogens with one attached hydrogen (secondary N) is 1. The van der Waals surface area contributed by atoms with E-state index in [-0.39, 0.29) is 5.38 Å². The number of anilines is 1. The Kier molecular flexibility index (Phi) is 4.12. The lowest BCUT2D eigenvalue weighted by molar-refractivity contribution is 0.200. The topological polar surface area (TPSA) is 47.0 Å². The molecule has 0 aliphatic heterocycles. The quantitative estimate of drug-likeness (QED) is 0.829. The van der Waals surface area contributed by atoms with Gasteiger partial charge in [-0.25, -0.2) is 0 Å². The van der Waals surface area contributed by atoms with Crippen LogP contribution in [0.5, 0.6) is 0 Å². The van der Waals surface area contributed by atoms with Gasteiger partial charge in [-0.15, -0.1) is 16.7 Å². The van der Waals surface area contributed by atoms with E-state index in [1.807, 2.05) is 24.3 Å². The van der Waals surface area contributed by atoms with Gasteiger partial charge in [0.15, 0.2) is 5.82 Å². The largest absolute Gasteiger partial charge is 0.383 e. The van der Waals surface area contributed by atoms with E-state index in [0.717, 1.165) is 16.6 Å². The summed E-state index contributed by atoms with van der Waals surface area (Å²) in [6, 6.07) is 7.96. The maximum atomic E-state index is 6.05. The van der Waals surface area contributed by atoms with Gasteiger partial charge in [0.2, 0.25) is 0 Å². The lowest BCUT2D eigenvalue weighted by Gasteiger charge is -2.11. The van der Waals surface area contributed by atoms with Crippen LogP contribution in [0.25, 0.3) is 10.8 Å². The number of rotatable bonds is 5. The fourth-order valence-electron chi connectivity index (χ4n) is 1.61. The molecule has 1 aromatic heterocycles. The number of benzene rings is 1. The molecule has 0 saturated heterocycles. The highest BCUT2D eigenvalue weighted by Crippen LogP contribution is 2.19. The first kappa shape index (κ1) is 12.1. The van der Waals surface area contributed by atoms with Crippen molar-refractivity contribution in [1.29, 1.82) is 0 Å². The number of hydrogen-bond acceptors (Lipinski definition) is 4. The number of ether oxygens (including phenoxy) is 1. The summed E-state index contributed by atoms with van der Waals surface area (Å²) in [5.74, 6) is 0.754. The number of fused-ring (bicyclic) bond motifs is 1. The first-order chi connectivity index (χ1) is 8.31. The van der Waals surface area contributed by atoms with Gasteiger partial charge < -0.3 is 10.1 Å². The third kappa shape index (κ3) is 3.05. The number of aromatic nitrogens is 2. The van der Waals surface area contributed by atoms with E-state index < -0.39 is 0 Å². The maximum Gasteiger partial charge on any atom is 0.156 e. The average molecular weight is 252 g/mol. The standard InChI is InChI=1S/C12H14ClN3O/c1-17-8-10(13)7-14-12-11-5-3-2-4-9(11)6-15-16-12/h2-6,10H,7-8H2,1H3,(H,14,16). The van der Waals surface area contributed by atoms with Crippen molar-refractivity contribution in [2.24, 2.45) is 0 Å². The Morgan fingerprint density at radius 1 is 1.41 bits per heavy atom. The molecule has 1 unspecified atom stereocenters. The van der Waals surface area contributed by atoms with E-state index >= 15 is 0 Å². The molecule has 4 nitrogen and oxygen atoms in total. The molecule has 2 aromatic rings. The van der Waals surface area contributed by atoms with E-state index in [0.29, 0.717) is 13.2 Å². The van der Waals surface area contributed by atoms with Crippen molar-refractivity contribution in [2.45, 2.75) is 5.38 Å². The van der Waals surface area contributed by atoms with E-state index in [4.69, 9.17) is 16.3 Å². The van der Waals surface area contributed by atoms with Gasteiger partial charge >= 0.3 is 0 Å². The molecule has 1 atom stereocenters. The fourth-order valence-corrected chi connectivity index (χ4v) is 1.81. The van der Waals surface area contributed by atoms with Gasteiger partial charge in [-0.1, -0.05) is 24.3 Å². The van der Waals surface area contributed by atoms with Gasteiger partial charge in [0, 0.05) is 24.4 Å². The molecule has 1 N–H and O–H groups in total. The summed E-state index contributed by atoms with van der Waals surface area (Å²) in [5.41, 5.74) is 0. The number of nitrogens with zero attached hydrogens (tertiary/aromatic N) is 2. The third-order valence-corrected chi connectivity index (χ3v) is 2.69. The Morgan fingerprint density at radius 3 is 3.06 bits per heavy atom. The van der Waals surface area contributed by atoms with Crippen LogP contribution in [0, 0.1) is 0 Å². The monoisotopic (exact) mass is 251 g/mol. The second-order valence-corrected chi connectivity index (χ2v) is 4.33. The molecule has 17 heavy (non-hydrogen) atoms. The van der Waals surface area contributed by atoms with Crippen molar-refractivity contribution in [1.82, 2.24) is 10.2 Å². The minimum atomic E-state index is -0.0826. The molecule has 0 radical (unpaired) electrons. The van der Waals surface area contributed by atoms with Gasteiger partial charge in [0.05, 0.1) is 18.2 Å². The van der Waals surface area contributed by atoms with Gasteiger partial charge in [0.25, 0.3) is 0 Å². The Hall–Kier alpha value is -1.39. The van der Waals surface area contributed by atoms with Gasteiger partial charge in [-0.3, -0.25) is 0 Å². The SMILES string of the molecule is COCC(Cl)CNc1nncc2ccccc12. The fraction of sp³-hybridized carbons (Fsp3) is 0.333. The van der Waals surface area contributed by atoms with Crippen LogP contribution < -0.4 is 5.32 Å². The first-order valence-electron chi connectivity index (χ1n) is 5.38. The summed E-state index contributed by atoms with van der Waals surface area (Å²) in [6.07, 6.45) is 1.74. The van der Waals surface area contributed by atoms with Crippen molar-refractivity contribution in [2.75, 3.05) is 25.6 Å². The van der Waals surface area contributed by atoms with Crippen molar-refractivity contribution in [3.63, 3.8) is 0 Å². The first-order valence-corrected chi connectivity index (χ1v) is 5.82. The zero-order valence-electron chi connectivity index (χ0n) is 9.56. The minimum absolute atomic E-state index is 0.0826. The van der Waals surface area contributed by atoms with Crippen LogP contribution in [-0.2, 0) is 4.74 Å². The van der Waals surface area contributed by atoms with Crippen LogP contribution in [0.15, 0.2) is 30.5 Å². The zero-order chi connectivity index (χ0) is 12.1. The normalized spacial score (nSPS) is 12.6. The van der Waals surface area contributed by atoms with Crippen molar-refractivity contribution in [3.8, 4) is 0 Å². The summed E-state index contributed by atoms with van der Waals surface area (Å²) in [5, 5.41) is 13.2. The van der Waals surface area contributed by atoms with Crippen molar-refractivity contribution in [3.05, 3.63) is 30.5 Å². The van der Waals surface area contributed by atoms with Crippen molar-refractivity contribution >= 4 is 28.2 Å². The van der Waals surface area contributed by atoms with Crippen LogP contribution in [0.4, 0.5) is 5.82 Å². The molecule has 0 spiro atoms. The molecule has 0 saturated carbocycles. The molecule has 5 heteroatoms. The zero-order valence-corrected chi connectivity index (χ0v) is 10.3. The number of halogens is 1. The summed E-state index contributed by atoms with van der Waals surface area (Å²) in [4.78, 5) is 0. The minimum Gasteiger partial charge on any atom is -0.383 e. The smallest absolute Gasteiger partial charge is 0.156 e. The summed E-state index contributed by atoms with van der Waals surface area (Å²) < 4.78 is 4.97. The Morgan fingerprint density at radius 2 is 2.24 bits per heavy atom. The van der Waals surface area contributed by atoms with Gasteiger partial charge in [0.1, 0.15) is 0 Å². The Bertz CT molecular complexity index is 487. The van der Waals surface area contributed by atoms with Gasteiger partial charge in [-0.05, 0) is 0 Å². The van der Waals surface area contributed by atoms with E-state index in [9.17, 15) is 0 Å². The average Bonchev–Trinajstić information content (AvgIpc) is 2.36. The Labute approximate surface area is 105 Å². The van der Waals surface area contributed by atoms with Crippen LogP contribution >= 0.6 is 11.6 Å². The molecule has 0 fully saturated rings. The highest BCUT2D eigenvalue weighted by atomic mass is 35.5. The molecular weight excluding hydrogens is 238 g/mol. The molecule has 0 amide bonds. The van der Waals surface area contributed by atoms with Gasteiger partial charge in [-0.2, -0.15) is 5.10 Å². The number of hydrogen-bond donors (Lipinski definition) is 1. The second kappa shape index (κ2) is 5.80. The highest BCUT2D eigenvalue weighted by molar-refractivity contribution is 6.21. The lowest BCUT2D eigenvalue weighted by atomic mass is 10.2. The third-order valence-electron chi connectivity index (χ3n) is 2.41. The molecule has 2 rings (SSSR count). The molecule has 1 heterocycles. The highest BCUT2D eigenvalue weighted by Gasteiger charge is 2.06. The van der Waals surface area contributed by atoms with E-state index in [1.54, 1.807) is 13.3 Å². The van der Waals surface area contributed by atoms with E-state index in [2.05, 4.69) is 15.5 Å². The molecule has 90 valence electrons. The Balaban J connectivity index is 2.13. The lowest BCUT2D eigenvalue weighted by Crippen LogP contribution is -2.19. The molecule has 1 aromatic carbocycles. The predicted molar refractivity (Wildman–Crippen MR) is 69.5 cm³/mol. The molecular formula is C12H14ClN3O. The summed E-state index contributed by atoms with van der Waals surface area (Å²) in [7, 11) is 1.63. The molecule has 0 aliphatic carbocycles. The van der Waals surface area contributed by atoms with Crippen LogP contribution in [0.1, 0.15) is 0 Å². The van der Waals surface area contributed by atoms with Crippen LogP contribution in [-0.4, -0.2) is 35.8 Å². The van der Waals surface area contributed by atoms with Crippen molar-refractivity contribution < 1.29 is 4.74 Å². The predicted octanol–water partition coefficient (Wildman–Crippen LogP) is 2.30. The maximum absolute atomic E-state index is 6.05. The summed E-state index contributed by atoms with van der Waals surface area (Å²) in [6.45, 7) is 1.10. The van der Waals surface area contributed by atoms with E-state index in [1.165, 1.54) is 0 Å². The molecule has 0 aliphatic rings. The molecule has 0 bridgehead atoms. The van der Waals surface area contributed by atoms with Crippen LogP contribution in [0.2, 0.25) is 0 Å². The number of alkyl halides is 1. The second-order valence-electron chi connectivity index (χ2n) is 3.71. The number of methoxy groups -OCH3 is 1. The van der Waals surface area contributed by atoms with Crippen LogP contribution in [0.3, 0.4) is 0 Å².